The molecule has 1 N–H and O–H groups in total. The molecule has 1 fully saturated rings. The van der Waals surface area contributed by atoms with Gasteiger partial charge in [0.1, 0.15) is 12.3 Å². The molecule has 28 heavy (non-hydrogen) atoms. The average molecular weight is 405 g/mol. The predicted molar refractivity (Wildman–Crippen MR) is 104 cm³/mol. The van der Waals surface area contributed by atoms with Crippen LogP contribution in [-0.4, -0.2) is 59.1 Å². The monoisotopic (exact) mass is 405 g/mol. The first-order valence-electron chi connectivity index (χ1n) is 9.09. The lowest BCUT2D eigenvalue weighted by atomic mass is 10.1. The highest BCUT2D eigenvalue weighted by Crippen LogP contribution is 2.19. The summed E-state index contributed by atoms with van der Waals surface area (Å²) in [4.78, 5) is 13.2. The number of benzene rings is 2. The molecule has 0 atom stereocenters. The highest BCUT2D eigenvalue weighted by atomic mass is 32.2. The highest BCUT2D eigenvalue weighted by molar-refractivity contribution is 7.89. The van der Waals surface area contributed by atoms with E-state index in [0.717, 1.165) is 12.1 Å². The van der Waals surface area contributed by atoms with Crippen molar-refractivity contribution >= 4 is 16.0 Å². The fourth-order valence-electron chi connectivity index (χ4n) is 3.33. The molecule has 0 aliphatic carbocycles. The van der Waals surface area contributed by atoms with Crippen molar-refractivity contribution < 1.29 is 27.6 Å². The summed E-state index contributed by atoms with van der Waals surface area (Å²) in [7, 11) is -0.590. The minimum atomic E-state index is -3.50. The minimum Gasteiger partial charge on any atom is -0.497 e. The third-order valence-electron chi connectivity index (χ3n) is 4.93. The maximum atomic E-state index is 12.8. The Morgan fingerprint density at radius 3 is 2.36 bits per heavy atom. The van der Waals surface area contributed by atoms with Gasteiger partial charge in [0.2, 0.25) is 10.0 Å². The van der Waals surface area contributed by atoms with Crippen LogP contribution in [0.25, 0.3) is 0 Å². The van der Waals surface area contributed by atoms with E-state index in [1.165, 1.54) is 16.3 Å². The van der Waals surface area contributed by atoms with E-state index in [1.807, 2.05) is 18.2 Å². The molecule has 2 aromatic rings. The number of methoxy groups -OCH3 is 2. The first kappa shape index (κ1) is 20.3. The third-order valence-corrected chi connectivity index (χ3v) is 6.84. The second kappa shape index (κ2) is 8.72. The van der Waals surface area contributed by atoms with Gasteiger partial charge in [0.05, 0.1) is 50.9 Å². The van der Waals surface area contributed by atoms with Gasteiger partial charge < -0.3 is 14.4 Å². The molecule has 0 amide bonds. The van der Waals surface area contributed by atoms with Crippen molar-refractivity contribution in [2.75, 3.05) is 40.4 Å². The Kier molecular flexibility index (Phi) is 6.33. The molecule has 0 saturated carbocycles. The Morgan fingerprint density at radius 2 is 1.75 bits per heavy atom. The van der Waals surface area contributed by atoms with Gasteiger partial charge in [0.15, 0.2) is 0 Å². The van der Waals surface area contributed by atoms with Crippen LogP contribution in [0.4, 0.5) is 0 Å². The fourth-order valence-corrected chi connectivity index (χ4v) is 4.77. The van der Waals surface area contributed by atoms with Crippen molar-refractivity contribution in [1.82, 2.24) is 4.31 Å². The summed E-state index contributed by atoms with van der Waals surface area (Å²) in [6.07, 6.45) is 0. The van der Waals surface area contributed by atoms with Crippen LogP contribution < -0.4 is 9.64 Å². The standard InChI is InChI=1S/C20H24N2O5S/c1-26-18-6-8-19(9-7-18)28(24,25)22-12-10-21(11-13-22)15-16-4-3-5-17(14-16)20(23)27-2/h3-9,14H,10-13,15H2,1-2H3/p+1. The van der Waals surface area contributed by atoms with Crippen molar-refractivity contribution in [1.29, 1.82) is 0 Å². The van der Waals surface area contributed by atoms with Crippen LogP contribution >= 0.6 is 0 Å². The van der Waals surface area contributed by atoms with E-state index in [0.29, 0.717) is 37.5 Å². The van der Waals surface area contributed by atoms with Crippen molar-refractivity contribution in [2.24, 2.45) is 0 Å². The summed E-state index contributed by atoms with van der Waals surface area (Å²) in [5.41, 5.74) is 1.56. The van der Waals surface area contributed by atoms with Crippen LogP contribution in [0.5, 0.6) is 5.75 Å². The van der Waals surface area contributed by atoms with Gasteiger partial charge in [-0.25, -0.2) is 13.2 Å². The number of nitrogens with one attached hydrogen (secondary N) is 1. The smallest absolute Gasteiger partial charge is 0.337 e. The van der Waals surface area contributed by atoms with Crippen LogP contribution in [0, 0.1) is 0 Å². The SMILES string of the molecule is COC(=O)c1cccc(C[NH+]2CCN(S(=O)(=O)c3ccc(OC)cc3)CC2)c1. The Balaban J connectivity index is 1.61. The summed E-state index contributed by atoms with van der Waals surface area (Å²) in [6, 6.07) is 13.8. The number of rotatable bonds is 6. The van der Waals surface area contributed by atoms with E-state index in [4.69, 9.17) is 9.47 Å². The summed E-state index contributed by atoms with van der Waals surface area (Å²) < 4.78 is 37.0. The van der Waals surface area contributed by atoms with Gasteiger partial charge in [0.25, 0.3) is 0 Å². The molecule has 1 aliphatic rings. The first-order valence-corrected chi connectivity index (χ1v) is 10.5. The molecule has 0 spiro atoms. The molecule has 1 heterocycles. The largest absolute Gasteiger partial charge is 0.497 e. The van der Waals surface area contributed by atoms with Crippen molar-refractivity contribution in [3.05, 3.63) is 59.7 Å². The number of piperazine rings is 1. The molecule has 0 unspecified atom stereocenters. The van der Waals surface area contributed by atoms with E-state index in [2.05, 4.69) is 0 Å². The van der Waals surface area contributed by atoms with Crippen LogP contribution in [-0.2, 0) is 21.3 Å². The predicted octanol–water partition coefficient (Wildman–Crippen LogP) is 0.571. The quantitative estimate of drug-likeness (QED) is 0.711. The lowest BCUT2D eigenvalue weighted by Crippen LogP contribution is -3.13. The zero-order valence-electron chi connectivity index (χ0n) is 16.1. The van der Waals surface area contributed by atoms with E-state index >= 15 is 0 Å². The lowest BCUT2D eigenvalue weighted by Gasteiger charge is -2.31. The van der Waals surface area contributed by atoms with E-state index < -0.39 is 10.0 Å². The maximum absolute atomic E-state index is 12.8. The number of esters is 1. The number of nitrogens with zero attached hydrogens (tertiary/aromatic N) is 1. The first-order chi connectivity index (χ1) is 13.4. The molecule has 150 valence electrons. The van der Waals surface area contributed by atoms with Gasteiger partial charge in [-0.15, -0.1) is 0 Å². The molecule has 0 bridgehead atoms. The summed E-state index contributed by atoms with van der Waals surface area (Å²) in [5, 5.41) is 0. The Hall–Kier alpha value is -2.42. The van der Waals surface area contributed by atoms with E-state index in [1.54, 1.807) is 37.4 Å². The number of sulfonamides is 1. The van der Waals surface area contributed by atoms with E-state index in [9.17, 15) is 13.2 Å². The number of ether oxygens (including phenoxy) is 2. The molecule has 2 aromatic carbocycles. The molecule has 3 rings (SSSR count). The van der Waals surface area contributed by atoms with Gasteiger partial charge in [0, 0.05) is 5.56 Å². The highest BCUT2D eigenvalue weighted by Gasteiger charge is 2.30. The number of quaternary nitrogens is 1. The normalized spacial score (nSPS) is 15.9. The zero-order valence-corrected chi connectivity index (χ0v) is 16.9. The second-order valence-corrected chi connectivity index (χ2v) is 8.64. The lowest BCUT2D eigenvalue weighted by molar-refractivity contribution is -0.917. The van der Waals surface area contributed by atoms with Gasteiger partial charge in [-0.05, 0) is 36.4 Å². The van der Waals surface area contributed by atoms with Crippen molar-refractivity contribution in [3.8, 4) is 5.75 Å². The van der Waals surface area contributed by atoms with Crippen molar-refractivity contribution in [3.63, 3.8) is 0 Å². The molecule has 1 aliphatic heterocycles. The minimum absolute atomic E-state index is 0.280. The molecular weight excluding hydrogens is 380 g/mol. The zero-order chi connectivity index (χ0) is 20.1. The summed E-state index contributed by atoms with van der Waals surface area (Å²) >= 11 is 0. The molecule has 8 heteroatoms. The van der Waals surface area contributed by atoms with Crippen molar-refractivity contribution in [2.45, 2.75) is 11.4 Å². The van der Waals surface area contributed by atoms with Crippen LogP contribution in [0.2, 0.25) is 0 Å². The second-order valence-electron chi connectivity index (χ2n) is 6.70. The topological polar surface area (TPSA) is 77.4 Å². The van der Waals surface area contributed by atoms with Gasteiger partial charge in [-0.1, -0.05) is 12.1 Å². The summed E-state index contributed by atoms with van der Waals surface area (Å²) in [6.45, 7) is 3.07. The van der Waals surface area contributed by atoms with Gasteiger partial charge >= 0.3 is 5.97 Å². The number of hydrogen-bond donors (Lipinski definition) is 1. The number of carbonyl (C=O) groups is 1. The molecule has 0 radical (unpaired) electrons. The van der Waals surface area contributed by atoms with Gasteiger partial charge in [-0.2, -0.15) is 4.31 Å². The van der Waals surface area contributed by atoms with Crippen LogP contribution in [0.15, 0.2) is 53.4 Å². The molecule has 7 nitrogen and oxygen atoms in total. The Morgan fingerprint density at radius 1 is 1.07 bits per heavy atom. The average Bonchev–Trinajstić information content (AvgIpc) is 2.73. The fraction of sp³-hybridized carbons (Fsp3) is 0.350. The van der Waals surface area contributed by atoms with Gasteiger partial charge in [-0.3, -0.25) is 0 Å². The number of carbonyl (C=O) groups excluding carboxylic acids is 1. The summed E-state index contributed by atoms with van der Waals surface area (Å²) in [5.74, 6) is 0.273. The Bertz CT molecular complexity index is 920. The van der Waals surface area contributed by atoms with E-state index in [-0.39, 0.29) is 10.9 Å². The Labute approximate surface area is 165 Å². The molecule has 1 saturated heterocycles. The van der Waals surface area contributed by atoms with Crippen LogP contribution in [0.3, 0.4) is 0 Å². The number of hydrogen-bond acceptors (Lipinski definition) is 5. The molecule has 0 aromatic heterocycles. The molecular formula is C20H25N2O5S+. The van der Waals surface area contributed by atoms with Crippen LogP contribution in [0.1, 0.15) is 15.9 Å². The maximum Gasteiger partial charge on any atom is 0.337 e. The third kappa shape index (κ3) is 4.52.